The summed E-state index contributed by atoms with van der Waals surface area (Å²) in [7, 11) is 4.55. The number of urea groups is 1. The van der Waals surface area contributed by atoms with Crippen molar-refractivity contribution in [2.45, 2.75) is 19.0 Å². The predicted octanol–water partition coefficient (Wildman–Crippen LogP) is 1.80. The Balaban J connectivity index is 1.70. The number of hydrogen-bond donors (Lipinski definition) is 2. The summed E-state index contributed by atoms with van der Waals surface area (Å²) in [4.78, 5) is 38.8. The van der Waals surface area contributed by atoms with Gasteiger partial charge in [0.15, 0.2) is 11.5 Å². The van der Waals surface area contributed by atoms with Crippen molar-refractivity contribution in [2.24, 2.45) is 0 Å². The van der Waals surface area contributed by atoms with Crippen molar-refractivity contribution in [3.8, 4) is 17.2 Å². The quantitative estimate of drug-likeness (QED) is 0.623. The van der Waals surface area contributed by atoms with E-state index in [2.05, 4.69) is 10.6 Å². The molecule has 0 aliphatic carbocycles. The summed E-state index contributed by atoms with van der Waals surface area (Å²) in [5, 5.41) is 5.39. The summed E-state index contributed by atoms with van der Waals surface area (Å²) in [6.45, 7) is 1.44. The average Bonchev–Trinajstić information content (AvgIpc) is 3.01. The third-order valence-electron chi connectivity index (χ3n) is 5.16. The summed E-state index contributed by atoms with van der Waals surface area (Å²) in [5.41, 5.74) is 0.0202. The van der Waals surface area contributed by atoms with E-state index in [0.717, 1.165) is 10.5 Å². The average molecular weight is 427 g/mol. The number of imide groups is 1. The summed E-state index contributed by atoms with van der Waals surface area (Å²) >= 11 is 0. The van der Waals surface area contributed by atoms with E-state index in [0.29, 0.717) is 22.8 Å². The number of nitrogens with one attached hydrogen (secondary N) is 2. The van der Waals surface area contributed by atoms with Crippen molar-refractivity contribution in [1.29, 1.82) is 0 Å². The zero-order valence-corrected chi connectivity index (χ0v) is 17.9. The summed E-state index contributed by atoms with van der Waals surface area (Å²) in [5.74, 6) is 0.619. The van der Waals surface area contributed by atoms with Gasteiger partial charge in [-0.1, -0.05) is 18.2 Å². The molecule has 164 valence electrons. The number of rotatable bonds is 8. The zero-order chi connectivity index (χ0) is 22.6. The Kier molecular flexibility index (Phi) is 6.33. The van der Waals surface area contributed by atoms with E-state index in [1.807, 2.05) is 12.1 Å². The first-order valence-electron chi connectivity index (χ1n) is 9.58. The molecule has 2 aromatic carbocycles. The first-order valence-corrected chi connectivity index (χ1v) is 9.58. The lowest BCUT2D eigenvalue weighted by atomic mass is 9.91. The molecule has 0 unspecified atom stereocenters. The maximum absolute atomic E-state index is 13.1. The van der Waals surface area contributed by atoms with Crippen LogP contribution in [0.2, 0.25) is 0 Å². The minimum atomic E-state index is -1.33. The van der Waals surface area contributed by atoms with Gasteiger partial charge in [-0.15, -0.1) is 0 Å². The molecule has 0 bridgehead atoms. The zero-order valence-electron chi connectivity index (χ0n) is 17.9. The van der Waals surface area contributed by atoms with Crippen LogP contribution in [0.1, 0.15) is 18.1 Å². The van der Waals surface area contributed by atoms with E-state index in [4.69, 9.17) is 14.2 Å². The number of carbonyl (C=O) groups is 3. The van der Waals surface area contributed by atoms with E-state index in [1.165, 1.54) is 14.2 Å². The van der Waals surface area contributed by atoms with Gasteiger partial charge in [0.25, 0.3) is 5.91 Å². The van der Waals surface area contributed by atoms with Gasteiger partial charge in [0.05, 0.1) is 21.3 Å². The molecule has 1 heterocycles. The Morgan fingerprint density at radius 2 is 1.77 bits per heavy atom. The van der Waals surface area contributed by atoms with Crippen molar-refractivity contribution in [2.75, 3.05) is 27.9 Å². The van der Waals surface area contributed by atoms with E-state index in [9.17, 15) is 14.4 Å². The molecular formula is C22H25N3O6. The smallest absolute Gasteiger partial charge is 0.325 e. The first kappa shape index (κ1) is 21.9. The van der Waals surface area contributed by atoms with Gasteiger partial charge in [-0.25, -0.2) is 4.79 Å². The predicted molar refractivity (Wildman–Crippen MR) is 112 cm³/mol. The van der Waals surface area contributed by atoms with Crippen LogP contribution in [0.4, 0.5) is 4.79 Å². The third kappa shape index (κ3) is 4.40. The molecule has 1 aliphatic heterocycles. The highest BCUT2D eigenvalue weighted by Gasteiger charge is 2.49. The van der Waals surface area contributed by atoms with Gasteiger partial charge in [0.1, 0.15) is 17.8 Å². The molecule has 31 heavy (non-hydrogen) atoms. The molecule has 2 aromatic rings. The maximum Gasteiger partial charge on any atom is 0.325 e. The highest BCUT2D eigenvalue weighted by molar-refractivity contribution is 6.09. The van der Waals surface area contributed by atoms with E-state index in [1.54, 1.807) is 44.4 Å². The van der Waals surface area contributed by atoms with Crippen LogP contribution >= 0.6 is 0 Å². The van der Waals surface area contributed by atoms with E-state index in [-0.39, 0.29) is 6.54 Å². The SMILES string of the molecule is COc1cccc(CNC(=O)CN2C(=O)N[C@@](C)(c3ccc(OC)c(OC)c3)C2=O)c1. The molecule has 4 amide bonds. The molecule has 1 fully saturated rings. The lowest BCUT2D eigenvalue weighted by molar-refractivity contribution is -0.134. The molecule has 1 saturated heterocycles. The van der Waals surface area contributed by atoms with Crippen LogP contribution in [0.25, 0.3) is 0 Å². The molecule has 9 nitrogen and oxygen atoms in total. The van der Waals surface area contributed by atoms with Crippen molar-refractivity contribution < 1.29 is 28.6 Å². The largest absolute Gasteiger partial charge is 0.497 e. The molecule has 0 radical (unpaired) electrons. The van der Waals surface area contributed by atoms with Crippen molar-refractivity contribution in [3.05, 3.63) is 53.6 Å². The lowest BCUT2D eigenvalue weighted by Gasteiger charge is -2.23. The fraction of sp³-hybridized carbons (Fsp3) is 0.318. The normalized spacial score (nSPS) is 17.9. The third-order valence-corrected chi connectivity index (χ3v) is 5.16. The first-order chi connectivity index (χ1) is 14.8. The number of benzene rings is 2. The van der Waals surface area contributed by atoms with Gasteiger partial charge in [0.2, 0.25) is 5.91 Å². The maximum atomic E-state index is 13.1. The minimum Gasteiger partial charge on any atom is -0.497 e. The Morgan fingerprint density at radius 1 is 1.03 bits per heavy atom. The molecular weight excluding hydrogens is 402 g/mol. The molecule has 0 saturated carbocycles. The monoisotopic (exact) mass is 427 g/mol. The lowest BCUT2D eigenvalue weighted by Crippen LogP contribution is -2.43. The van der Waals surface area contributed by atoms with Crippen LogP contribution in [0.3, 0.4) is 0 Å². The topological polar surface area (TPSA) is 106 Å². The Bertz CT molecular complexity index is 1010. The standard InChI is InChI=1S/C22H25N3O6/c1-22(15-8-9-17(30-3)18(11-15)31-4)20(27)25(21(28)24-22)13-19(26)23-12-14-6-5-7-16(10-14)29-2/h5-11H,12-13H2,1-4H3,(H,23,26)(H,24,28)/t22-/m0/s1. The van der Waals surface area contributed by atoms with Gasteiger partial charge in [-0.2, -0.15) is 0 Å². The van der Waals surface area contributed by atoms with Crippen LogP contribution < -0.4 is 24.8 Å². The van der Waals surface area contributed by atoms with Gasteiger partial charge < -0.3 is 24.8 Å². The number of hydrogen-bond acceptors (Lipinski definition) is 6. The fourth-order valence-corrected chi connectivity index (χ4v) is 3.37. The van der Waals surface area contributed by atoms with Crippen molar-refractivity contribution in [1.82, 2.24) is 15.5 Å². The second-order valence-corrected chi connectivity index (χ2v) is 7.14. The molecule has 0 aromatic heterocycles. The molecule has 1 atom stereocenters. The second-order valence-electron chi connectivity index (χ2n) is 7.14. The Morgan fingerprint density at radius 3 is 2.45 bits per heavy atom. The van der Waals surface area contributed by atoms with Crippen molar-refractivity contribution in [3.63, 3.8) is 0 Å². The van der Waals surface area contributed by atoms with Crippen LogP contribution in [0.5, 0.6) is 17.2 Å². The number of nitrogens with zero attached hydrogens (tertiary/aromatic N) is 1. The van der Waals surface area contributed by atoms with E-state index < -0.39 is 29.9 Å². The number of amides is 4. The van der Waals surface area contributed by atoms with Gasteiger partial charge >= 0.3 is 6.03 Å². The van der Waals surface area contributed by atoms with Crippen molar-refractivity contribution >= 4 is 17.8 Å². The highest BCUT2D eigenvalue weighted by atomic mass is 16.5. The minimum absolute atomic E-state index is 0.243. The van der Waals surface area contributed by atoms with Crippen LogP contribution in [0, 0.1) is 0 Å². The van der Waals surface area contributed by atoms with Crippen LogP contribution in [0.15, 0.2) is 42.5 Å². The number of ether oxygens (including phenoxy) is 3. The molecule has 3 rings (SSSR count). The number of carbonyl (C=O) groups excluding carboxylic acids is 3. The Labute approximate surface area is 180 Å². The molecule has 2 N–H and O–H groups in total. The Hall–Kier alpha value is -3.75. The number of methoxy groups -OCH3 is 3. The van der Waals surface area contributed by atoms with E-state index >= 15 is 0 Å². The van der Waals surface area contributed by atoms with Gasteiger partial charge in [0, 0.05) is 6.54 Å². The summed E-state index contributed by atoms with van der Waals surface area (Å²) < 4.78 is 15.7. The second kappa shape index (κ2) is 8.95. The molecule has 1 aliphatic rings. The molecule has 9 heteroatoms. The van der Waals surface area contributed by atoms with Gasteiger partial charge in [-0.3, -0.25) is 14.5 Å². The summed E-state index contributed by atoms with van der Waals surface area (Å²) in [6.07, 6.45) is 0. The fourth-order valence-electron chi connectivity index (χ4n) is 3.37. The van der Waals surface area contributed by atoms with Crippen LogP contribution in [-0.4, -0.2) is 50.6 Å². The molecule has 0 spiro atoms. The van der Waals surface area contributed by atoms with Crippen LogP contribution in [-0.2, 0) is 21.7 Å². The highest BCUT2D eigenvalue weighted by Crippen LogP contribution is 2.35. The summed E-state index contributed by atoms with van der Waals surface area (Å²) in [6, 6.07) is 11.6. The van der Waals surface area contributed by atoms with Gasteiger partial charge in [-0.05, 0) is 42.3 Å².